The zero-order chi connectivity index (χ0) is 21.1. The largest absolute Gasteiger partial charge is 0.426 e. The summed E-state index contributed by atoms with van der Waals surface area (Å²) in [5, 5.41) is 10.6. The maximum absolute atomic E-state index is 13.0. The molecule has 1 aromatic carbocycles. The minimum atomic E-state index is -5.08. The Labute approximate surface area is 160 Å². The molecule has 146 valence electrons. The molecule has 0 radical (unpaired) electrons. The van der Waals surface area contributed by atoms with Crippen LogP contribution in [-0.4, -0.2) is 37.7 Å². The van der Waals surface area contributed by atoms with Crippen molar-refractivity contribution in [3.63, 3.8) is 0 Å². The number of aliphatic hydroxyl groups is 1. The summed E-state index contributed by atoms with van der Waals surface area (Å²) < 4.78 is 47.3. The van der Waals surface area contributed by atoms with E-state index in [-0.39, 0.29) is 19.1 Å². The van der Waals surface area contributed by atoms with Gasteiger partial charge in [0.2, 0.25) is 5.60 Å². The number of aromatic amines is 1. The number of fused-ring (bicyclic) bond motifs is 2. The van der Waals surface area contributed by atoms with Crippen molar-refractivity contribution < 1.29 is 24.4 Å². The quantitative estimate of drug-likeness (QED) is 0.701. The Balaban J connectivity index is 1.68. The maximum atomic E-state index is 13.0. The summed E-state index contributed by atoms with van der Waals surface area (Å²) in [5.41, 5.74) is 0.819. The number of benzene rings is 1. The number of amides is 1. The number of hydrogen-bond acceptors (Lipinski definition) is 3. The van der Waals surface area contributed by atoms with Gasteiger partial charge in [-0.15, -0.1) is 0 Å². The summed E-state index contributed by atoms with van der Waals surface area (Å²) >= 11 is 0. The normalized spacial score (nSPS) is 16.8. The Kier molecular flexibility index (Phi) is 3.74. The lowest BCUT2D eigenvalue weighted by molar-refractivity contribution is -0.250. The highest BCUT2D eigenvalue weighted by molar-refractivity contribution is 5.87. The van der Waals surface area contributed by atoms with Crippen LogP contribution >= 0.6 is 0 Å². The van der Waals surface area contributed by atoms with Crippen LogP contribution in [-0.2, 0) is 17.9 Å². The Morgan fingerprint density at radius 1 is 1.29 bits per heavy atom. The molecule has 2 N–H and O–H groups in total. The Hall–Kier alpha value is -2.87. The van der Waals surface area contributed by atoms with Gasteiger partial charge in [-0.1, -0.05) is 12.1 Å². The number of nitrogens with one attached hydrogen (secondary N) is 1. The molecule has 2 aromatic heterocycles. The summed E-state index contributed by atoms with van der Waals surface area (Å²) in [5.74, 6) is -1.42. The van der Waals surface area contributed by atoms with Crippen molar-refractivity contribution in [1.29, 1.82) is 0 Å². The maximum Gasteiger partial charge on any atom is 0.426 e. The predicted octanol–water partition coefficient (Wildman–Crippen LogP) is 3.69. The van der Waals surface area contributed by atoms with Gasteiger partial charge in [-0.25, -0.2) is 4.98 Å². The lowest BCUT2D eigenvalue weighted by Crippen LogP contribution is -2.54. The summed E-state index contributed by atoms with van der Waals surface area (Å²) in [7, 11) is 0. The topological polar surface area (TPSA) is 69.2 Å². The van der Waals surface area contributed by atoms with E-state index in [0.717, 1.165) is 27.1 Å². The summed E-state index contributed by atoms with van der Waals surface area (Å²) in [6, 6.07) is 5.43. The third-order valence-electron chi connectivity index (χ3n) is 5.16. The molecule has 8 heteroatoms. The molecule has 0 fully saturated rings. The fourth-order valence-corrected chi connectivity index (χ4v) is 3.35. The molecule has 0 unspecified atom stereocenters. The van der Waals surface area contributed by atoms with Crippen molar-refractivity contribution in [3.8, 4) is 11.1 Å². The van der Waals surface area contributed by atoms with Gasteiger partial charge in [0, 0.05) is 36.4 Å². The molecule has 0 saturated carbocycles. The minimum absolute atomic E-state index is 0.0982. The number of rotatable bonds is 2. The van der Waals surface area contributed by atoms with Crippen LogP contribution in [0.15, 0.2) is 36.6 Å². The third kappa shape index (κ3) is 2.84. The second-order valence-electron chi connectivity index (χ2n) is 7.22. The van der Waals surface area contributed by atoms with Gasteiger partial charge >= 0.3 is 6.18 Å². The van der Waals surface area contributed by atoms with Gasteiger partial charge in [-0.2, -0.15) is 13.2 Å². The molecule has 1 atom stereocenters. The second-order valence-corrected chi connectivity index (χ2v) is 7.22. The minimum Gasteiger partial charge on any atom is -0.373 e. The summed E-state index contributed by atoms with van der Waals surface area (Å²) in [4.78, 5) is 20.6. The molecule has 0 aliphatic carbocycles. The summed E-state index contributed by atoms with van der Waals surface area (Å²) in [6.07, 6.45) is -1.58. The van der Waals surface area contributed by atoms with Crippen LogP contribution in [0.2, 0.25) is 0 Å². The molecule has 1 aliphatic heterocycles. The van der Waals surface area contributed by atoms with Crippen LogP contribution in [0.4, 0.5) is 13.2 Å². The number of aromatic nitrogens is 2. The van der Waals surface area contributed by atoms with Crippen LogP contribution in [0, 0.1) is 6.92 Å². The number of carbonyl (C=O) groups is 1. The SMILES string of the molecule is [2H]c1cc(-c2cnc3[nH]cc(C)c3c2)cc2c1CN(C(=O)[C@](C)(O)C(F)(F)F)C2. The van der Waals surface area contributed by atoms with E-state index in [2.05, 4.69) is 9.97 Å². The number of halogens is 3. The molecule has 1 amide bonds. The molecule has 5 nitrogen and oxygen atoms in total. The third-order valence-corrected chi connectivity index (χ3v) is 5.16. The number of aryl methyl sites for hydroxylation is 1. The van der Waals surface area contributed by atoms with Gasteiger partial charge in [-0.05, 0) is 48.2 Å². The molecule has 1 aliphatic rings. The summed E-state index contributed by atoms with van der Waals surface area (Å²) in [6.45, 7) is 2.15. The van der Waals surface area contributed by atoms with Crippen molar-refractivity contribution in [1.82, 2.24) is 14.9 Å². The molecule has 3 aromatic rings. The zero-order valence-corrected chi connectivity index (χ0v) is 15.2. The smallest absolute Gasteiger partial charge is 0.373 e. The Bertz CT molecular complexity index is 1140. The van der Waals surface area contributed by atoms with E-state index >= 15 is 0 Å². The highest BCUT2D eigenvalue weighted by Crippen LogP contribution is 2.35. The van der Waals surface area contributed by atoms with E-state index in [0.29, 0.717) is 23.6 Å². The molecule has 0 saturated heterocycles. The van der Waals surface area contributed by atoms with Gasteiger partial charge in [0.05, 0.1) is 1.37 Å². The molecule has 3 heterocycles. The van der Waals surface area contributed by atoms with Crippen molar-refractivity contribution >= 4 is 16.9 Å². The second kappa shape index (κ2) is 6.07. The van der Waals surface area contributed by atoms with Gasteiger partial charge in [0.15, 0.2) is 0 Å². The van der Waals surface area contributed by atoms with Crippen molar-refractivity contribution in [2.45, 2.75) is 38.7 Å². The highest BCUT2D eigenvalue weighted by Gasteiger charge is 2.57. The van der Waals surface area contributed by atoms with Crippen LogP contribution in [0.5, 0.6) is 0 Å². The predicted molar refractivity (Wildman–Crippen MR) is 97.2 cm³/mol. The number of hydrogen-bond donors (Lipinski definition) is 2. The number of nitrogens with zero attached hydrogens (tertiary/aromatic N) is 2. The van der Waals surface area contributed by atoms with Gasteiger partial charge in [-0.3, -0.25) is 4.79 Å². The number of alkyl halides is 3. The average molecular weight is 390 g/mol. The van der Waals surface area contributed by atoms with E-state index in [9.17, 15) is 23.1 Å². The Morgan fingerprint density at radius 3 is 2.71 bits per heavy atom. The first-order chi connectivity index (χ1) is 13.5. The van der Waals surface area contributed by atoms with Gasteiger partial charge < -0.3 is 15.0 Å². The fourth-order valence-electron chi connectivity index (χ4n) is 3.35. The molecule has 4 rings (SSSR count). The average Bonchev–Trinajstić information content (AvgIpc) is 3.24. The van der Waals surface area contributed by atoms with Crippen molar-refractivity contribution in [2.75, 3.05) is 0 Å². The van der Waals surface area contributed by atoms with E-state index in [1.807, 2.05) is 19.2 Å². The van der Waals surface area contributed by atoms with Crippen LogP contribution in [0.25, 0.3) is 22.2 Å². The van der Waals surface area contributed by atoms with E-state index in [1.54, 1.807) is 18.3 Å². The van der Waals surface area contributed by atoms with E-state index < -0.39 is 17.7 Å². The number of H-pyrrole nitrogens is 1. The van der Waals surface area contributed by atoms with E-state index in [4.69, 9.17) is 1.37 Å². The zero-order valence-electron chi connectivity index (χ0n) is 16.2. The highest BCUT2D eigenvalue weighted by atomic mass is 19.4. The molecule has 0 spiro atoms. The first kappa shape index (κ1) is 17.2. The van der Waals surface area contributed by atoms with Crippen molar-refractivity contribution in [2.24, 2.45) is 0 Å². The molecular formula is C20H18F3N3O2. The van der Waals surface area contributed by atoms with Gasteiger partial charge in [0.25, 0.3) is 5.91 Å². The monoisotopic (exact) mass is 390 g/mol. The molecule has 28 heavy (non-hydrogen) atoms. The molecule has 0 bridgehead atoms. The lowest BCUT2D eigenvalue weighted by atomic mass is 10.0. The first-order valence-electron chi connectivity index (χ1n) is 9.14. The molecular weight excluding hydrogens is 371 g/mol. The lowest BCUT2D eigenvalue weighted by Gasteiger charge is -2.29. The Morgan fingerprint density at radius 2 is 2.00 bits per heavy atom. The number of carbonyl (C=O) groups excluding carboxylic acids is 1. The van der Waals surface area contributed by atoms with E-state index in [1.165, 1.54) is 0 Å². The first-order valence-corrected chi connectivity index (χ1v) is 8.64. The van der Waals surface area contributed by atoms with Crippen LogP contribution in [0.1, 0.15) is 25.0 Å². The van der Waals surface area contributed by atoms with Crippen LogP contribution in [0.3, 0.4) is 0 Å². The van der Waals surface area contributed by atoms with Crippen molar-refractivity contribution in [3.05, 3.63) is 53.3 Å². The number of pyridine rings is 1. The standard InChI is InChI=1S/C20H18F3N3O2/c1-11-7-24-17-16(11)6-14(8-25-17)12-3-4-13-9-26(10-15(13)5-12)18(27)19(2,28)20(21,22)23/h3-8,28H,9-10H2,1-2H3,(H,24,25)/t19-/m0/s1/i4D. The van der Waals surface area contributed by atoms with Crippen LogP contribution < -0.4 is 0 Å². The van der Waals surface area contributed by atoms with Gasteiger partial charge in [0.1, 0.15) is 5.65 Å². The fraction of sp³-hybridized carbons (Fsp3) is 0.300.